The highest BCUT2D eigenvalue weighted by Crippen LogP contribution is 2.58. The summed E-state index contributed by atoms with van der Waals surface area (Å²) in [5.74, 6) is 0. The van der Waals surface area contributed by atoms with Gasteiger partial charge in [-0.1, -0.05) is 243 Å². The molecule has 13 rings (SSSR count). The minimum atomic E-state index is -0.362. The predicted molar refractivity (Wildman–Crippen MR) is 293 cm³/mol. The van der Waals surface area contributed by atoms with Crippen molar-refractivity contribution in [3.05, 3.63) is 284 Å². The fraction of sp³-hybridized carbons (Fsp3) is 0.0294. The second-order valence-electron chi connectivity index (χ2n) is 18.4. The van der Waals surface area contributed by atoms with Crippen LogP contribution in [0.5, 0.6) is 0 Å². The van der Waals surface area contributed by atoms with Gasteiger partial charge in [0, 0.05) is 21.9 Å². The van der Waals surface area contributed by atoms with Gasteiger partial charge in [0.1, 0.15) is 0 Å². The summed E-state index contributed by atoms with van der Waals surface area (Å²) in [6.45, 7) is 2.41. The van der Waals surface area contributed by atoms with Gasteiger partial charge in [-0.15, -0.1) is 0 Å². The molecule has 0 saturated carbocycles. The monoisotopic (exact) mass is 877 g/mol. The Hall–Kier alpha value is -8.78. The Morgan fingerprint density at radius 3 is 1.48 bits per heavy atom. The van der Waals surface area contributed by atoms with Crippen LogP contribution in [0.15, 0.2) is 267 Å². The van der Waals surface area contributed by atoms with Crippen molar-refractivity contribution in [2.24, 2.45) is 0 Å². The highest BCUT2D eigenvalue weighted by Gasteiger charge is 2.42. The first-order valence-electron chi connectivity index (χ1n) is 24.0. The molecule has 0 amide bonds. The lowest BCUT2D eigenvalue weighted by molar-refractivity contribution is 0.714. The van der Waals surface area contributed by atoms with Gasteiger partial charge in [0.05, 0.1) is 17.1 Å². The third-order valence-corrected chi connectivity index (χ3v) is 14.7. The van der Waals surface area contributed by atoms with Crippen LogP contribution in [0.1, 0.15) is 23.6 Å². The summed E-state index contributed by atoms with van der Waals surface area (Å²) in [7, 11) is 0. The Balaban J connectivity index is 1.12. The zero-order chi connectivity index (χ0) is 45.9. The van der Waals surface area contributed by atoms with E-state index in [-0.39, 0.29) is 5.41 Å². The lowest BCUT2D eigenvalue weighted by Crippen LogP contribution is -2.22. The number of anilines is 3. The molecule has 0 saturated heterocycles. The van der Waals surface area contributed by atoms with Gasteiger partial charge >= 0.3 is 0 Å². The van der Waals surface area contributed by atoms with Gasteiger partial charge in [0.15, 0.2) is 0 Å². The molecule has 0 aromatic heterocycles. The fourth-order valence-electron chi connectivity index (χ4n) is 11.6. The highest BCUT2D eigenvalue weighted by atomic mass is 15.1. The van der Waals surface area contributed by atoms with E-state index in [4.69, 9.17) is 0 Å². The van der Waals surface area contributed by atoms with E-state index in [1.165, 1.54) is 93.5 Å². The summed E-state index contributed by atoms with van der Waals surface area (Å²) in [5.41, 5.74) is 19.1. The average molecular weight is 878 g/mol. The van der Waals surface area contributed by atoms with Crippen molar-refractivity contribution >= 4 is 49.4 Å². The molecule has 0 spiro atoms. The summed E-state index contributed by atoms with van der Waals surface area (Å²) in [5, 5.41) is 7.36. The SMILES string of the molecule is CC1(c2ccccc2)c2ccccc2-c2c(N(c3ccccc3-c3ccc4c(c3)c(-c3ccccc3)c(-c3ccccc3)c3ccccc34)c3ccc(-c4ccccc4)c4ccccc34)cccc21. The van der Waals surface area contributed by atoms with Crippen molar-refractivity contribution in [3.63, 3.8) is 0 Å². The molecule has 12 aromatic rings. The first-order valence-corrected chi connectivity index (χ1v) is 24.0. The molecule has 0 aliphatic heterocycles. The topological polar surface area (TPSA) is 3.24 Å². The minimum absolute atomic E-state index is 0.362. The Morgan fingerprint density at radius 2 is 0.768 bits per heavy atom. The van der Waals surface area contributed by atoms with E-state index >= 15 is 0 Å². The first-order chi connectivity index (χ1) is 34.2. The number of hydrogen-bond acceptors (Lipinski definition) is 1. The molecule has 1 heteroatoms. The smallest absolute Gasteiger partial charge is 0.0543 e. The molecule has 0 radical (unpaired) electrons. The third kappa shape index (κ3) is 6.46. The predicted octanol–water partition coefficient (Wildman–Crippen LogP) is 18.6. The van der Waals surface area contributed by atoms with Gasteiger partial charge in [-0.2, -0.15) is 0 Å². The summed E-state index contributed by atoms with van der Waals surface area (Å²) in [6, 6.07) is 98.5. The number of benzene rings is 12. The van der Waals surface area contributed by atoms with Crippen LogP contribution in [-0.2, 0) is 5.41 Å². The van der Waals surface area contributed by atoms with Crippen LogP contribution in [0.4, 0.5) is 17.1 Å². The van der Waals surface area contributed by atoms with E-state index in [2.05, 4.69) is 279 Å². The van der Waals surface area contributed by atoms with Crippen LogP contribution >= 0.6 is 0 Å². The van der Waals surface area contributed by atoms with Gasteiger partial charge < -0.3 is 4.90 Å². The molecule has 69 heavy (non-hydrogen) atoms. The normalized spacial score (nSPS) is 13.9. The molecule has 12 aromatic carbocycles. The van der Waals surface area contributed by atoms with Crippen LogP contribution in [0.3, 0.4) is 0 Å². The molecule has 324 valence electrons. The molecule has 0 heterocycles. The maximum Gasteiger partial charge on any atom is 0.0543 e. The van der Waals surface area contributed by atoms with E-state index in [0.29, 0.717) is 0 Å². The lowest BCUT2D eigenvalue weighted by Gasteiger charge is -2.32. The molecule has 1 aliphatic rings. The highest BCUT2D eigenvalue weighted by molar-refractivity contribution is 6.22. The van der Waals surface area contributed by atoms with Gasteiger partial charge in [-0.25, -0.2) is 0 Å². The number of para-hydroxylation sites is 1. The molecule has 0 bridgehead atoms. The van der Waals surface area contributed by atoms with Gasteiger partial charge in [0.25, 0.3) is 0 Å². The Labute approximate surface area is 403 Å². The minimum Gasteiger partial charge on any atom is -0.309 e. The van der Waals surface area contributed by atoms with Crippen molar-refractivity contribution in [2.75, 3.05) is 4.90 Å². The molecule has 1 nitrogen and oxygen atoms in total. The summed E-state index contributed by atoms with van der Waals surface area (Å²) >= 11 is 0. The zero-order valence-corrected chi connectivity index (χ0v) is 38.4. The molecule has 1 atom stereocenters. The van der Waals surface area contributed by atoms with Crippen molar-refractivity contribution in [2.45, 2.75) is 12.3 Å². The Bertz CT molecular complexity index is 3890. The van der Waals surface area contributed by atoms with Crippen LogP contribution < -0.4 is 4.90 Å². The molecule has 1 unspecified atom stereocenters. The second kappa shape index (κ2) is 16.5. The third-order valence-electron chi connectivity index (χ3n) is 14.7. The van der Waals surface area contributed by atoms with Crippen molar-refractivity contribution < 1.29 is 0 Å². The van der Waals surface area contributed by atoms with E-state index in [1.54, 1.807) is 0 Å². The quantitative estimate of drug-likeness (QED) is 0.138. The van der Waals surface area contributed by atoms with Crippen molar-refractivity contribution in [1.82, 2.24) is 0 Å². The number of fused-ring (bicyclic) bond motifs is 7. The molecule has 0 N–H and O–H groups in total. The van der Waals surface area contributed by atoms with Gasteiger partial charge in [-0.05, 0) is 119 Å². The molecule has 0 fully saturated rings. The van der Waals surface area contributed by atoms with Gasteiger partial charge in [-0.3, -0.25) is 0 Å². The molecule has 1 aliphatic carbocycles. The molecular weight excluding hydrogens is 831 g/mol. The second-order valence-corrected chi connectivity index (χ2v) is 18.4. The van der Waals surface area contributed by atoms with E-state index in [0.717, 1.165) is 28.2 Å². The van der Waals surface area contributed by atoms with Gasteiger partial charge in [0.2, 0.25) is 0 Å². The zero-order valence-electron chi connectivity index (χ0n) is 38.4. The average Bonchev–Trinajstić information content (AvgIpc) is 3.70. The van der Waals surface area contributed by atoms with Crippen molar-refractivity contribution in [1.29, 1.82) is 0 Å². The van der Waals surface area contributed by atoms with Crippen LogP contribution in [0.25, 0.3) is 88.0 Å². The maximum atomic E-state index is 2.57. The van der Waals surface area contributed by atoms with Crippen molar-refractivity contribution in [3.8, 4) is 55.6 Å². The summed E-state index contributed by atoms with van der Waals surface area (Å²) in [6.07, 6.45) is 0. The lowest BCUT2D eigenvalue weighted by atomic mass is 9.74. The number of rotatable bonds is 8. The largest absolute Gasteiger partial charge is 0.309 e. The number of hydrogen-bond donors (Lipinski definition) is 0. The first kappa shape index (κ1) is 40.5. The van der Waals surface area contributed by atoms with Crippen LogP contribution in [0.2, 0.25) is 0 Å². The number of nitrogens with zero attached hydrogens (tertiary/aromatic N) is 1. The standard InChI is InChI=1S/C68H47N/c1-68(50-29-12-5-13-30-50)60-37-20-18-36-58(60)67-61(68)38-22-40-64(67)69(63-44-43-51(46-23-6-2-7-24-46)53-32-14-16-34-56(53)63)62-39-21-19-31-52(62)49-41-42-55-54-33-15-17-35-57(54)65(47-25-8-3-9-26-47)66(59(55)45-49)48-27-10-4-11-28-48/h2-45H,1H3. The van der Waals surface area contributed by atoms with Crippen LogP contribution in [0, 0.1) is 0 Å². The van der Waals surface area contributed by atoms with E-state index in [9.17, 15) is 0 Å². The Morgan fingerprint density at radius 1 is 0.261 bits per heavy atom. The van der Waals surface area contributed by atoms with E-state index in [1.807, 2.05) is 0 Å². The summed E-state index contributed by atoms with van der Waals surface area (Å²) < 4.78 is 0. The fourth-order valence-corrected chi connectivity index (χ4v) is 11.6. The van der Waals surface area contributed by atoms with Crippen LogP contribution in [-0.4, -0.2) is 0 Å². The molecular formula is C68H47N. The van der Waals surface area contributed by atoms with E-state index < -0.39 is 0 Å². The maximum absolute atomic E-state index is 2.57. The Kier molecular flexibility index (Phi) is 9.70. The summed E-state index contributed by atoms with van der Waals surface area (Å²) in [4.78, 5) is 2.57.